The smallest absolute Gasteiger partial charge is 0.408 e. The van der Waals surface area contributed by atoms with Crippen LogP contribution in [0.2, 0.25) is 0 Å². The van der Waals surface area contributed by atoms with Crippen molar-refractivity contribution in [3.05, 3.63) is 58.6 Å². The number of hydrogen-bond donors (Lipinski definition) is 4. The molecule has 1 aliphatic rings. The molecule has 3 aromatic rings. The Morgan fingerprint density at radius 1 is 1.26 bits per heavy atom. The van der Waals surface area contributed by atoms with Gasteiger partial charge in [0.25, 0.3) is 0 Å². The number of nitrogens with zero attached hydrogens (tertiary/aromatic N) is 2. The molecule has 186 valence electrons. The molecular weight excluding hydrogens is 448 g/mol. The van der Waals surface area contributed by atoms with Gasteiger partial charge in [0.2, 0.25) is 0 Å². The third-order valence-electron chi connectivity index (χ3n) is 6.80. The summed E-state index contributed by atoms with van der Waals surface area (Å²) in [5.41, 5.74) is 3.13. The Labute approximate surface area is 203 Å². The molecule has 0 amide bonds. The van der Waals surface area contributed by atoms with Gasteiger partial charge in [-0.25, -0.2) is 4.79 Å². The molecule has 1 aromatic heterocycles. The van der Waals surface area contributed by atoms with Crippen LogP contribution in [0.3, 0.4) is 0 Å². The van der Waals surface area contributed by atoms with Crippen LogP contribution in [0.4, 0.5) is 0 Å². The third-order valence-corrected chi connectivity index (χ3v) is 6.80. The van der Waals surface area contributed by atoms with Gasteiger partial charge in [-0.05, 0) is 34.7 Å². The minimum absolute atomic E-state index is 0.00205. The number of ether oxygens (including phenoxy) is 1. The summed E-state index contributed by atoms with van der Waals surface area (Å²) in [6, 6.07) is 15.0. The summed E-state index contributed by atoms with van der Waals surface area (Å²) >= 11 is 0. The Hall–Kier alpha value is -3.00. The fourth-order valence-electron chi connectivity index (χ4n) is 4.20. The number of rotatable bonds is 7. The number of benzene rings is 2. The summed E-state index contributed by atoms with van der Waals surface area (Å²) < 4.78 is 12.4. The molecule has 2 aromatic carbocycles. The first-order valence-corrected chi connectivity index (χ1v) is 11.8. The Morgan fingerprint density at radius 3 is 2.66 bits per heavy atom. The van der Waals surface area contributed by atoms with Crippen molar-refractivity contribution in [3.63, 3.8) is 0 Å². The standard InChI is InChI=1S/C26H32N4O5/c1-16(2)26(33)14-28-13-23(34-15-26)24(31)29-20(12-27)10-17-4-6-18(7-5-17)19-8-9-22-21(11-19)30(3)25(32)35-22/h4-9,11,16,20,23-24,28-29,31,33H,10,13-15H2,1-3H3/t20-,23-,24?,26-/m0/s1. The summed E-state index contributed by atoms with van der Waals surface area (Å²) in [5.74, 6) is -0.396. The highest BCUT2D eigenvalue weighted by Crippen LogP contribution is 2.25. The van der Waals surface area contributed by atoms with Crippen molar-refractivity contribution >= 4 is 11.1 Å². The second-order valence-corrected chi connectivity index (χ2v) is 9.54. The molecule has 1 saturated heterocycles. The maximum absolute atomic E-state index is 11.7. The van der Waals surface area contributed by atoms with Gasteiger partial charge in [-0.1, -0.05) is 44.2 Å². The molecule has 0 saturated carbocycles. The number of aryl methyl sites for hydroxylation is 1. The van der Waals surface area contributed by atoms with Gasteiger partial charge in [0.15, 0.2) is 5.58 Å². The maximum atomic E-state index is 11.7. The Balaban J connectivity index is 1.39. The minimum Gasteiger partial charge on any atom is -0.408 e. The fourth-order valence-corrected chi connectivity index (χ4v) is 4.20. The van der Waals surface area contributed by atoms with Crippen molar-refractivity contribution in [2.75, 3.05) is 19.7 Å². The van der Waals surface area contributed by atoms with E-state index in [1.165, 1.54) is 4.57 Å². The maximum Gasteiger partial charge on any atom is 0.419 e. The van der Waals surface area contributed by atoms with Crippen LogP contribution in [0.5, 0.6) is 0 Å². The van der Waals surface area contributed by atoms with Crippen LogP contribution in [0, 0.1) is 17.2 Å². The van der Waals surface area contributed by atoms with Crippen LogP contribution in [0.1, 0.15) is 19.4 Å². The number of β-amino-alcohol motifs (C(OH)–C–C–N with tert-alkyl or cyclic N) is 1. The first kappa shape index (κ1) is 25.1. The number of aliphatic hydroxyl groups excluding tert-OH is 1. The summed E-state index contributed by atoms with van der Waals surface area (Å²) in [6.45, 7) is 4.71. The largest absolute Gasteiger partial charge is 0.419 e. The number of nitrogens with one attached hydrogen (secondary N) is 2. The third kappa shape index (κ3) is 5.48. The van der Waals surface area contributed by atoms with Gasteiger partial charge < -0.3 is 24.7 Å². The van der Waals surface area contributed by atoms with E-state index in [9.17, 15) is 20.3 Å². The lowest BCUT2D eigenvalue weighted by atomic mass is 9.91. The molecular formula is C26H32N4O5. The molecule has 1 aliphatic heterocycles. The van der Waals surface area contributed by atoms with E-state index in [-0.39, 0.29) is 12.5 Å². The number of aromatic nitrogens is 1. The molecule has 0 bridgehead atoms. The number of fused-ring (bicyclic) bond motifs is 1. The summed E-state index contributed by atoms with van der Waals surface area (Å²) in [6.07, 6.45) is -1.25. The highest BCUT2D eigenvalue weighted by Gasteiger charge is 2.36. The van der Waals surface area contributed by atoms with Gasteiger partial charge in [0.1, 0.15) is 24.0 Å². The lowest BCUT2D eigenvalue weighted by Crippen LogP contribution is -2.49. The second-order valence-electron chi connectivity index (χ2n) is 9.54. The van der Waals surface area contributed by atoms with E-state index < -0.39 is 29.7 Å². The number of oxazole rings is 1. The number of hydrogen-bond acceptors (Lipinski definition) is 8. The predicted octanol–water partition coefficient (Wildman–Crippen LogP) is 1.52. The van der Waals surface area contributed by atoms with Crippen LogP contribution in [0.25, 0.3) is 22.2 Å². The van der Waals surface area contributed by atoms with Crippen molar-refractivity contribution in [3.8, 4) is 17.2 Å². The normalized spacial score (nSPS) is 22.6. The first-order valence-electron chi connectivity index (χ1n) is 11.8. The van der Waals surface area contributed by atoms with Gasteiger partial charge in [0.05, 0.1) is 18.2 Å². The molecule has 0 radical (unpaired) electrons. The highest BCUT2D eigenvalue weighted by molar-refractivity contribution is 5.80. The summed E-state index contributed by atoms with van der Waals surface area (Å²) in [5, 5.41) is 37.1. The zero-order chi connectivity index (χ0) is 25.2. The molecule has 4 rings (SSSR count). The van der Waals surface area contributed by atoms with E-state index in [0.717, 1.165) is 22.2 Å². The average Bonchev–Trinajstić information content (AvgIpc) is 2.99. The van der Waals surface area contributed by atoms with Crippen molar-refractivity contribution in [1.29, 1.82) is 5.26 Å². The molecule has 0 spiro atoms. The van der Waals surface area contributed by atoms with Crippen LogP contribution < -0.4 is 16.4 Å². The zero-order valence-electron chi connectivity index (χ0n) is 20.2. The quantitative estimate of drug-likeness (QED) is 0.374. The molecule has 4 atom stereocenters. The zero-order valence-corrected chi connectivity index (χ0v) is 20.2. The van der Waals surface area contributed by atoms with Gasteiger partial charge >= 0.3 is 5.76 Å². The van der Waals surface area contributed by atoms with E-state index in [0.29, 0.717) is 25.1 Å². The Kier molecular flexibility index (Phi) is 7.40. The Morgan fingerprint density at radius 2 is 1.97 bits per heavy atom. The van der Waals surface area contributed by atoms with E-state index >= 15 is 0 Å². The number of aliphatic hydroxyl groups is 2. The molecule has 9 heteroatoms. The van der Waals surface area contributed by atoms with Crippen LogP contribution >= 0.6 is 0 Å². The fraction of sp³-hybridized carbons (Fsp3) is 0.462. The first-order chi connectivity index (χ1) is 16.7. The second kappa shape index (κ2) is 10.3. The molecule has 2 heterocycles. The van der Waals surface area contributed by atoms with E-state index in [1.54, 1.807) is 13.1 Å². The van der Waals surface area contributed by atoms with Gasteiger partial charge in [0, 0.05) is 26.6 Å². The highest BCUT2D eigenvalue weighted by atomic mass is 16.5. The molecule has 35 heavy (non-hydrogen) atoms. The van der Waals surface area contributed by atoms with E-state index in [1.807, 2.05) is 50.2 Å². The number of nitriles is 1. The topological polar surface area (TPSA) is 133 Å². The lowest BCUT2D eigenvalue weighted by molar-refractivity contribution is -0.107. The average molecular weight is 481 g/mol. The molecule has 1 unspecified atom stereocenters. The van der Waals surface area contributed by atoms with Gasteiger partial charge in [-0.15, -0.1) is 0 Å². The van der Waals surface area contributed by atoms with Crippen molar-refractivity contribution in [2.24, 2.45) is 13.0 Å². The van der Waals surface area contributed by atoms with Gasteiger partial charge in [-0.3, -0.25) is 9.88 Å². The Bertz CT molecular complexity index is 1260. The van der Waals surface area contributed by atoms with Crippen LogP contribution in [-0.4, -0.2) is 58.5 Å². The van der Waals surface area contributed by atoms with E-state index in [2.05, 4.69) is 16.7 Å². The van der Waals surface area contributed by atoms with Gasteiger partial charge in [-0.2, -0.15) is 5.26 Å². The molecule has 0 aliphatic carbocycles. The SMILES string of the molecule is CC(C)[C@]1(O)CNC[C@@H](C(O)N[C@H](C#N)Cc2ccc(-c3ccc4oc(=O)n(C)c4c3)cc2)OC1. The molecule has 9 nitrogen and oxygen atoms in total. The summed E-state index contributed by atoms with van der Waals surface area (Å²) in [7, 11) is 1.67. The van der Waals surface area contributed by atoms with Crippen LogP contribution in [0.15, 0.2) is 51.7 Å². The summed E-state index contributed by atoms with van der Waals surface area (Å²) in [4.78, 5) is 11.7. The van der Waals surface area contributed by atoms with E-state index in [4.69, 9.17) is 9.15 Å². The van der Waals surface area contributed by atoms with Crippen molar-refractivity contribution in [2.45, 2.75) is 44.2 Å². The molecule has 4 N–H and O–H groups in total. The monoisotopic (exact) mass is 480 g/mol. The van der Waals surface area contributed by atoms with Crippen LogP contribution in [-0.2, 0) is 18.2 Å². The lowest BCUT2D eigenvalue weighted by Gasteiger charge is -2.30. The van der Waals surface area contributed by atoms with Crippen molar-refractivity contribution in [1.82, 2.24) is 15.2 Å². The molecule has 1 fully saturated rings. The minimum atomic E-state index is -1.06. The van der Waals surface area contributed by atoms with Crippen molar-refractivity contribution < 1.29 is 19.4 Å². The predicted molar refractivity (Wildman–Crippen MR) is 132 cm³/mol.